The lowest BCUT2D eigenvalue weighted by molar-refractivity contribution is -0.0886. The Bertz CT molecular complexity index is 519. The average Bonchev–Trinajstić information content (AvgIpc) is 2.45. The van der Waals surface area contributed by atoms with Crippen molar-refractivity contribution in [2.24, 2.45) is 5.92 Å². The minimum Gasteiger partial charge on any atom is -0.389 e. The molecule has 0 radical (unpaired) electrons. The topological polar surface area (TPSA) is 40.5 Å². The van der Waals surface area contributed by atoms with Crippen molar-refractivity contribution in [3.8, 4) is 0 Å². The summed E-state index contributed by atoms with van der Waals surface area (Å²) < 4.78 is 0. The predicted octanol–water partition coefficient (Wildman–Crippen LogP) is 3.11. The molecule has 1 saturated heterocycles. The molecule has 0 spiro atoms. The summed E-state index contributed by atoms with van der Waals surface area (Å²) in [4.78, 5) is 14.4. The lowest BCUT2D eigenvalue weighted by Crippen LogP contribution is -2.54. The number of benzene rings is 1. The number of hydrogen-bond acceptors (Lipinski definition) is 2. The Labute approximate surface area is 124 Å². The van der Waals surface area contributed by atoms with Crippen molar-refractivity contribution in [3.63, 3.8) is 0 Å². The number of amides is 1. The van der Waals surface area contributed by atoms with Crippen LogP contribution in [0.1, 0.15) is 42.5 Å². The third kappa shape index (κ3) is 2.57. The van der Waals surface area contributed by atoms with Crippen LogP contribution >= 0.6 is 11.6 Å². The lowest BCUT2D eigenvalue weighted by Gasteiger charge is -2.47. The van der Waals surface area contributed by atoms with Crippen molar-refractivity contribution < 1.29 is 9.90 Å². The highest BCUT2D eigenvalue weighted by Gasteiger charge is 2.43. The highest BCUT2D eigenvalue weighted by molar-refractivity contribution is 6.30. The second-order valence-electron chi connectivity index (χ2n) is 6.06. The van der Waals surface area contributed by atoms with Gasteiger partial charge < -0.3 is 10.0 Å². The van der Waals surface area contributed by atoms with Crippen LogP contribution in [-0.4, -0.2) is 34.6 Å². The van der Waals surface area contributed by atoms with Crippen molar-refractivity contribution in [3.05, 3.63) is 34.9 Å². The van der Waals surface area contributed by atoms with E-state index in [1.165, 1.54) is 0 Å². The summed E-state index contributed by atoms with van der Waals surface area (Å²) >= 11 is 5.95. The molecule has 2 aliphatic rings. The monoisotopic (exact) mass is 293 g/mol. The maximum absolute atomic E-state index is 12.5. The van der Waals surface area contributed by atoms with Gasteiger partial charge in [-0.15, -0.1) is 0 Å². The lowest BCUT2D eigenvalue weighted by atomic mass is 9.71. The van der Waals surface area contributed by atoms with E-state index in [0.29, 0.717) is 30.1 Å². The van der Waals surface area contributed by atoms with E-state index in [0.717, 1.165) is 25.7 Å². The number of piperidine rings is 1. The molecule has 1 N–H and O–H groups in total. The van der Waals surface area contributed by atoms with Crippen LogP contribution in [-0.2, 0) is 0 Å². The molecule has 3 nitrogen and oxygen atoms in total. The smallest absolute Gasteiger partial charge is 0.253 e. The molecule has 2 atom stereocenters. The zero-order chi connectivity index (χ0) is 14.2. The largest absolute Gasteiger partial charge is 0.389 e. The minimum absolute atomic E-state index is 0.0279. The summed E-state index contributed by atoms with van der Waals surface area (Å²) in [5, 5.41) is 11.2. The van der Waals surface area contributed by atoms with E-state index in [9.17, 15) is 9.90 Å². The average molecular weight is 294 g/mol. The third-order valence-electron chi connectivity index (χ3n) is 4.79. The van der Waals surface area contributed by atoms with Crippen LogP contribution in [0.3, 0.4) is 0 Å². The van der Waals surface area contributed by atoms with Gasteiger partial charge in [0.2, 0.25) is 0 Å². The highest BCUT2D eigenvalue weighted by atomic mass is 35.5. The minimum atomic E-state index is -0.538. The predicted molar refractivity (Wildman–Crippen MR) is 78.9 cm³/mol. The van der Waals surface area contributed by atoms with Gasteiger partial charge in [-0.1, -0.05) is 30.5 Å². The van der Waals surface area contributed by atoms with Gasteiger partial charge in [-0.05, 0) is 37.5 Å². The molecule has 2 fully saturated rings. The van der Waals surface area contributed by atoms with Crippen molar-refractivity contribution in [2.45, 2.75) is 37.7 Å². The first kappa shape index (κ1) is 13.9. The number of rotatable bonds is 1. The summed E-state index contributed by atoms with van der Waals surface area (Å²) in [6.07, 6.45) is 4.87. The quantitative estimate of drug-likeness (QED) is 0.864. The standard InChI is InChI=1S/C16H20ClNO2/c17-14-6-3-4-12(10-14)15(19)18-9-8-16(20)7-2-1-5-13(16)11-18/h3-4,6,10,13,20H,1-2,5,7-9,11H2/t13-,16-/m0/s1. The molecule has 0 aromatic heterocycles. The molecule has 108 valence electrons. The van der Waals surface area contributed by atoms with Gasteiger partial charge in [-0.25, -0.2) is 0 Å². The van der Waals surface area contributed by atoms with Crippen LogP contribution in [0.4, 0.5) is 0 Å². The molecule has 0 bridgehead atoms. The Morgan fingerprint density at radius 2 is 2.20 bits per heavy atom. The van der Waals surface area contributed by atoms with Crippen molar-refractivity contribution >= 4 is 17.5 Å². The van der Waals surface area contributed by atoms with Gasteiger partial charge in [-0.3, -0.25) is 4.79 Å². The first-order chi connectivity index (χ1) is 9.58. The number of hydrogen-bond donors (Lipinski definition) is 1. The maximum atomic E-state index is 12.5. The molecule has 1 aliphatic heterocycles. The van der Waals surface area contributed by atoms with Gasteiger partial charge in [0.25, 0.3) is 5.91 Å². The fourth-order valence-electron chi connectivity index (χ4n) is 3.56. The van der Waals surface area contributed by atoms with Crippen molar-refractivity contribution in [1.29, 1.82) is 0 Å². The molecular formula is C16H20ClNO2. The Morgan fingerprint density at radius 1 is 1.35 bits per heavy atom. The molecule has 4 heteroatoms. The highest BCUT2D eigenvalue weighted by Crippen LogP contribution is 2.40. The molecule has 1 saturated carbocycles. The Kier molecular flexibility index (Phi) is 3.74. The van der Waals surface area contributed by atoms with Gasteiger partial charge in [-0.2, -0.15) is 0 Å². The number of halogens is 1. The molecule has 0 unspecified atom stereocenters. The molecule has 1 aliphatic carbocycles. The zero-order valence-corrected chi connectivity index (χ0v) is 12.3. The van der Waals surface area contributed by atoms with Gasteiger partial charge in [0.1, 0.15) is 0 Å². The van der Waals surface area contributed by atoms with Crippen LogP contribution in [0.15, 0.2) is 24.3 Å². The second kappa shape index (κ2) is 5.38. The van der Waals surface area contributed by atoms with Gasteiger partial charge in [0.05, 0.1) is 5.60 Å². The summed E-state index contributed by atoms with van der Waals surface area (Å²) in [7, 11) is 0. The van der Waals surface area contributed by atoms with Crippen LogP contribution in [0.2, 0.25) is 5.02 Å². The Hall–Kier alpha value is -1.06. The molecular weight excluding hydrogens is 274 g/mol. The maximum Gasteiger partial charge on any atom is 0.253 e. The summed E-state index contributed by atoms with van der Waals surface area (Å²) in [5.74, 6) is 0.258. The van der Waals surface area contributed by atoms with E-state index < -0.39 is 5.60 Å². The Balaban J connectivity index is 1.74. The van der Waals surface area contributed by atoms with E-state index in [2.05, 4.69) is 0 Å². The van der Waals surface area contributed by atoms with Gasteiger partial charge >= 0.3 is 0 Å². The first-order valence-corrected chi connectivity index (χ1v) is 7.73. The molecule has 1 aromatic carbocycles. The molecule has 3 rings (SSSR count). The van der Waals surface area contributed by atoms with Gasteiger partial charge in [0.15, 0.2) is 0 Å². The van der Waals surface area contributed by atoms with E-state index in [-0.39, 0.29) is 11.8 Å². The molecule has 1 aromatic rings. The fourth-order valence-corrected chi connectivity index (χ4v) is 3.75. The number of aliphatic hydroxyl groups is 1. The Morgan fingerprint density at radius 3 is 3.00 bits per heavy atom. The van der Waals surface area contributed by atoms with Crippen LogP contribution in [0, 0.1) is 5.92 Å². The number of carbonyl (C=O) groups excluding carboxylic acids is 1. The number of carbonyl (C=O) groups is 1. The number of likely N-dealkylation sites (tertiary alicyclic amines) is 1. The van der Waals surface area contributed by atoms with Crippen LogP contribution in [0.5, 0.6) is 0 Å². The fraction of sp³-hybridized carbons (Fsp3) is 0.562. The summed E-state index contributed by atoms with van der Waals surface area (Å²) in [5.41, 5.74) is 0.0994. The SMILES string of the molecule is O=C(c1cccc(Cl)c1)N1CC[C@@]2(O)CCCC[C@H]2C1. The normalized spacial score (nSPS) is 29.9. The van der Waals surface area contributed by atoms with Crippen molar-refractivity contribution in [2.75, 3.05) is 13.1 Å². The third-order valence-corrected chi connectivity index (χ3v) is 5.02. The van der Waals surface area contributed by atoms with Gasteiger partial charge in [0, 0.05) is 29.6 Å². The molecule has 20 heavy (non-hydrogen) atoms. The van der Waals surface area contributed by atoms with E-state index in [1.54, 1.807) is 24.3 Å². The van der Waals surface area contributed by atoms with Crippen LogP contribution < -0.4 is 0 Å². The second-order valence-corrected chi connectivity index (χ2v) is 6.49. The molecule has 1 amide bonds. The molecule has 1 heterocycles. The summed E-state index contributed by atoms with van der Waals surface area (Å²) in [6.45, 7) is 1.31. The van der Waals surface area contributed by atoms with E-state index >= 15 is 0 Å². The number of nitrogens with zero attached hydrogens (tertiary/aromatic N) is 1. The van der Waals surface area contributed by atoms with Crippen molar-refractivity contribution in [1.82, 2.24) is 4.90 Å². The van der Waals surface area contributed by atoms with E-state index in [4.69, 9.17) is 11.6 Å². The van der Waals surface area contributed by atoms with Crippen LogP contribution in [0.25, 0.3) is 0 Å². The van der Waals surface area contributed by atoms with E-state index in [1.807, 2.05) is 4.90 Å². The number of fused-ring (bicyclic) bond motifs is 1. The summed E-state index contributed by atoms with van der Waals surface area (Å²) in [6, 6.07) is 7.09. The first-order valence-electron chi connectivity index (χ1n) is 7.36. The zero-order valence-electron chi connectivity index (χ0n) is 11.5.